The third kappa shape index (κ3) is 3.09. The van der Waals surface area contributed by atoms with Crippen LogP contribution in [0.25, 0.3) is 0 Å². The molecule has 0 aliphatic heterocycles. The Labute approximate surface area is 94.7 Å². The number of aryl methyl sites for hydroxylation is 3. The zero-order valence-corrected chi connectivity index (χ0v) is 10.9. The van der Waals surface area contributed by atoms with E-state index in [1.54, 1.807) is 5.56 Å². The van der Waals surface area contributed by atoms with E-state index in [0.29, 0.717) is 5.92 Å². The van der Waals surface area contributed by atoms with E-state index < -0.39 is 0 Å². The highest BCUT2D eigenvalue weighted by molar-refractivity contribution is 5.38. The topological polar surface area (TPSA) is 0 Å². The van der Waals surface area contributed by atoms with Crippen LogP contribution < -0.4 is 0 Å². The molecule has 0 bridgehead atoms. The molecule has 15 heavy (non-hydrogen) atoms. The number of hydrogen-bond donors (Lipinski definition) is 0. The summed E-state index contributed by atoms with van der Waals surface area (Å²) in [7, 11) is 0. The van der Waals surface area contributed by atoms with Crippen LogP contribution in [0.5, 0.6) is 0 Å². The highest BCUT2D eigenvalue weighted by Crippen LogP contribution is 2.26. The van der Waals surface area contributed by atoms with Crippen molar-refractivity contribution in [2.75, 3.05) is 0 Å². The Bertz CT molecular complexity index is 323. The van der Waals surface area contributed by atoms with Crippen molar-refractivity contribution in [2.24, 2.45) is 0 Å². The van der Waals surface area contributed by atoms with Gasteiger partial charge in [-0.3, -0.25) is 0 Å². The molecular formula is C15H24. The molecule has 0 aromatic heterocycles. The van der Waals surface area contributed by atoms with Crippen molar-refractivity contribution in [2.45, 2.75) is 59.8 Å². The van der Waals surface area contributed by atoms with Gasteiger partial charge in [-0.1, -0.05) is 38.8 Å². The maximum absolute atomic E-state index is 2.38. The number of hydrogen-bond acceptors (Lipinski definition) is 0. The molecule has 0 amide bonds. The van der Waals surface area contributed by atoms with E-state index in [1.807, 2.05) is 0 Å². The first kappa shape index (κ1) is 12.3. The van der Waals surface area contributed by atoms with Crippen LogP contribution in [-0.2, 0) is 0 Å². The van der Waals surface area contributed by atoms with Crippen molar-refractivity contribution in [3.63, 3.8) is 0 Å². The molecule has 0 fully saturated rings. The van der Waals surface area contributed by atoms with Gasteiger partial charge in [0.25, 0.3) is 0 Å². The Morgan fingerprint density at radius 3 is 2.20 bits per heavy atom. The maximum Gasteiger partial charge on any atom is -0.0188 e. The van der Waals surface area contributed by atoms with E-state index in [0.717, 1.165) is 0 Å². The van der Waals surface area contributed by atoms with Gasteiger partial charge in [0.15, 0.2) is 0 Å². The Hall–Kier alpha value is -0.780. The molecule has 0 heteroatoms. The van der Waals surface area contributed by atoms with Crippen molar-refractivity contribution in [3.05, 3.63) is 34.4 Å². The molecule has 0 nitrogen and oxygen atoms in total. The van der Waals surface area contributed by atoms with E-state index >= 15 is 0 Å². The smallest absolute Gasteiger partial charge is 0.0188 e. The highest BCUT2D eigenvalue weighted by atomic mass is 14.1. The lowest BCUT2D eigenvalue weighted by Crippen LogP contribution is -1.98. The zero-order chi connectivity index (χ0) is 11.4. The minimum atomic E-state index is 0.712. The fourth-order valence-corrected chi connectivity index (χ4v) is 2.18. The van der Waals surface area contributed by atoms with Crippen LogP contribution >= 0.6 is 0 Å². The molecule has 0 spiro atoms. The van der Waals surface area contributed by atoms with Crippen molar-refractivity contribution >= 4 is 0 Å². The fourth-order valence-electron chi connectivity index (χ4n) is 2.18. The van der Waals surface area contributed by atoms with Gasteiger partial charge in [-0.05, 0) is 55.4 Å². The molecular weight excluding hydrogens is 180 g/mol. The first-order valence-electron chi connectivity index (χ1n) is 6.14. The second-order valence-electron chi connectivity index (χ2n) is 4.84. The summed E-state index contributed by atoms with van der Waals surface area (Å²) in [5.41, 5.74) is 5.85. The lowest BCUT2D eigenvalue weighted by molar-refractivity contribution is 0.621. The predicted octanol–water partition coefficient (Wildman–Crippen LogP) is 4.91. The first-order valence-corrected chi connectivity index (χ1v) is 6.14. The van der Waals surface area contributed by atoms with Crippen LogP contribution in [-0.4, -0.2) is 0 Å². The third-order valence-electron chi connectivity index (χ3n) is 3.40. The van der Waals surface area contributed by atoms with E-state index in [4.69, 9.17) is 0 Å². The van der Waals surface area contributed by atoms with Gasteiger partial charge in [0.1, 0.15) is 0 Å². The van der Waals surface area contributed by atoms with E-state index in [1.165, 1.54) is 36.0 Å². The minimum absolute atomic E-state index is 0.712. The normalized spacial score (nSPS) is 12.9. The molecule has 0 saturated carbocycles. The van der Waals surface area contributed by atoms with Crippen LogP contribution in [0.1, 0.15) is 61.3 Å². The lowest BCUT2D eigenvalue weighted by Gasteiger charge is -2.16. The van der Waals surface area contributed by atoms with Gasteiger partial charge in [-0.15, -0.1) is 0 Å². The fraction of sp³-hybridized carbons (Fsp3) is 0.600. The maximum atomic E-state index is 2.38. The highest BCUT2D eigenvalue weighted by Gasteiger charge is 2.09. The summed E-state index contributed by atoms with van der Waals surface area (Å²) < 4.78 is 0. The number of rotatable bonds is 4. The number of benzene rings is 1. The van der Waals surface area contributed by atoms with E-state index in [-0.39, 0.29) is 0 Å². The van der Waals surface area contributed by atoms with Gasteiger partial charge in [-0.2, -0.15) is 0 Å². The summed E-state index contributed by atoms with van der Waals surface area (Å²) in [5, 5.41) is 0. The molecule has 84 valence electrons. The van der Waals surface area contributed by atoms with Gasteiger partial charge >= 0.3 is 0 Å². The average molecular weight is 204 g/mol. The van der Waals surface area contributed by atoms with Crippen LogP contribution in [0, 0.1) is 20.8 Å². The summed E-state index contributed by atoms with van der Waals surface area (Å²) in [5.74, 6) is 0.712. The molecule has 0 saturated heterocycles. The quantitative estimate of drug-likeness (QED) is 0.654. The molecule has 1 rings (SSSR count). The van der Waals surface area contributed by atoms with Crippen LogP contribution in [0.4, 0.5) is 0 Å². The standard InChI is InChI=1S/C15H24/c1-6-7-8-11(2)15-10-13(4)12(3)9-14(15)5/h9-11H,6-8H2,1-5H3. The molecule has 1 aromatic carbocycles. The Balaban J connectivity index is 2.88. The summed E-state index contributed by atoms with van der Waals surface area (Å²) >= 11 is 0. The van der Waals surface area contributed by atoms with Crippen LogP contribution in [0.15, 0.2) is 12.1 Å². The van der Waals surface area contributed by atoms with Gasteiger partial charge in [0.05, 0.1) is 0 Å². The molecule has 1 atom stereocenters. The van der Waals surface area contributed by atoms with Gasteiger partial charge < -0.3 is 0 Å². The second-order valence-corrected chi connectivity index (χ2v) is 4.84. The van der Waals surface area contributed by atoms with Gasteiger partial charge in [0, 0.05) is 0 Å². The lowest BCUT2D eigenvalue weighted by atomic mass is 9.89. The van der Waals surface area contributed by atoms with Crippen molar-refractivity contribution in [1.29, 1.82) is 0 Å². The van der Waals surface area contributed by atoms with Crippen molar-refractivity contribution in [3.8, 4) is 0 Å². The summed E-state index contributed by atoms with van der Waals surface area (Å²) in [4.78, 5) is 0. The minimum Gasteiger partial charge on any atom is -0.0654 e. The molecule has 0 aliphatic carbocycles. The Morgan fingerprint density at radius 2 is 1.60 bits per heavy atom. The molecule has 1 unspecified atom stereocenters. The molecule has 0 aliphatic rings. The zero-order valence-electron chi connectivity index (χ0n) is 10.9. The van der Waals surface area contributed by atoms with Crippen molar-refractivity contribution in [1.82, 2.24) is 0 Å². The first-order chi connectivity index (χ1) is 7.06. The average Bonchev–Trinajstić information content (AvgIpc) is 2.20. The van der Waals surface area contributed by atoms with E-state index in [9.17, 15) is 0 Å². The third-order valence-corrected chi connectivity index (χ3v) is 3.40. The van der Waals surface area contributed by atoms with Crippen molar-refractivity contribution < 1.29 is 0 Å². The molecule has 0 radical (unpaired) electrons. The largest absolute Gasteiger partial charge is 0.0654 e. The summed E-state index contributed by atoms with van der Waals surface area (Å²) in [6.07, 6.45) is 3.96. The Morgan fingerprint density at radius 1 is 1.00 bits per heavy atom. The summed E-state index contributed by atoms with van der Waals surface area (Å²) in [6.45, 7) is 11.3. The Kier molecular flexibility index (Phi) is 4.38. The SMILES string of the molecule is CCCCC(C)c1cc(C)c(C)cc1C. The monoisotopic (exact) mass is 204 g/mol. The molecule has 0 N–H and O–H groups in total. The van der Waals surface area contributed by atoms with Crippen LogP contribution in [0.3, 0.4) is 0 Å². The predicted molar refractivity (Wildman–Crippen MR) is 68.6 cm³/mol. The van der Waals surface area contributed by atoms with Crippen LogP contribution in [0.2, 0.25) is 0 Å². The van der Waals surface area contributed by atoms with Gasteiger partial charge in [0.2, 0.25) is 0 Å². The van der Waals surface area contributed by atoms with E-state index in [2.05, 4.69) is 46.8 Å². The van der Waals surface area contributed by atoms with Gasteiger partial charge in [-0.25, -0.2) is 0 Å². The second kappa shape index (κ2) is 5.34. The summed E-state index contributed by atoms with van der Waals surface area (Å²) in [6, 6.07) is 4.71. The molecule has 0 heterocycles. The molecule has 1 aromatic rings. The number of unbranched alkanes of at least 4 members (excludes halogenated alkanes) is 1.